The van der Waals surface area contributed by atoms with Crippen molar-refractivity contribution >= 4 is 11.3 Å². The topological polar surface area (TPSA) is 71.9 Å². The predicted octanol–water partition coefficient (Wildman–Crippen LogP) is 5.56. The Morgan fingerprint density at radius 1 is 0.973 bits per heavy atom. The van der Waals surface area contributed by atoms with Gasteiger partial charge in [-0.05, 0) is 76.1 Å². The van der Waals surface area contributed by atoms with E-state index < -0.39 is 0 Å². The minimum Gasteiger partial charge on any atom is -0.490 e. The number of fused-ring (bicyclic) bond motifs is 1. The number of H-pyrrole nitrogens is 1. The second-order valence-electron chi connectivity index (χ2n) is 9.77. The number of anilines is 1. The number of aryl methyl sites for hydroxylation is 2. The van der Waals surface area contributed by atoms with Crippen LogP contribution >= 0.6 is 0 Å². The molecule has 1 fully saturated rings. The van der Waals surface area contributed by atoms with E-state index in [1.165, 1.54) is 5.56 Å². The van der Waals surface area contributed by atoms with Crippen molar-refractivity contribution in [2.45, 2.75) is 47.0 Å². The van der Waals surface area contributed by atoms with Crippen LogP contribution in [0, 0.1) is 19.8 Å². The van der Waals surface area contributed by atoms with Gasteiger partial charge in [0.1, 0.15) is 5.69 Å². The molecule has 0 aliphatic carbocycles. The Bertz CT molecular complexity index is 1430. The van der Waals surface area contributed by atoms with E-state index in [-0.39, 0.29) is 5.56 Å². The highest BCUT2D eigenvalue weighted by Crippen LogP contribution is 2.36. The maximum Gasteiger partial charge on any atom is 0.296 e. The van der Waals surface area contributed by atoms with Crippen LogP contribution < -0.4 is 19.9 Å². The molecule has 0 radical (unpaired) electrons. The Kier molecular flexibility index (Phi) is 7.22. The molecule has 2 aromatic carbocycles. The molecule has 7 heteroatoms. The predicted molar refractivity (Wildman–Crippen MR) is 148 cm³/mol. The molecule has 1 saturated heterocycles. The average Bonchev–Trinajstić information content (AvgIpc) is 3.23. The summed E-state index contributed by atoms with van der Waals surface area (Å²) in [6.45, 7) is 10.7. The van der Waals surface area contributed by atoms with Crippen molar-refractivity contribution in [1.82, 2.24) is 14.6 Å². The Hall–Kier alpha value is -3.74. The number of hydrogen-bond acceptors (Lipinski definition) is 5. The van der Waals surface area contributed by atoms with E-state index in [0.29, 0.717) is 42.0 Å². The van der Waals surface area contributed by atoms with Gasteiger partial charge in [-0.3, -0.25) is 9.89 Å². The molecule has 1 aliphatic heterocycles. The Morgan fingerprint density at radius 3 is 2.38 bits per heavy atom. The van der Waals surface area contributed by atoms with Crippen LogP contribution in [0.3, 0.4) is 0 Å². The molecular formula is C30H36N4O3. The fraction of sp³-hybridized carbons (Fsp3) is 0.400. The first kappa shape index (κ1) is 24.9. The van der Waals surface area contributed by atoms with Gasteiger partial charge in [0.25, 0.3) is 5.56 Å². The van der Waals surface area contributed by atoms with Crippen molar-refractivity contribution in [3.8, 4) is 22.6 Å². The van der Waals surface area contributed by atoms with Gasteiger partial charge in [0.2, 0.25) is 0 Å². The van der Waals surface area contributed by atoms with Crippen LogP contribution in [0.4, 0.5) is 5.69 Å². The summed E-state index contributed by atoms with van der Waals surface area (Å²) in [5.41, 5.74) is 6.16. The lowest BCUT2D eigenvalue weighted by Crippen LogP contribution is -2.39. The number of piperidine rings is 1. The molecule has 2 aromatic heterocycles. The first-order chi connectivity index (χ1) is 18.0. The standard InChI is InChI=1S/C30H36N4O3/c1-5-36-25-13-12-24(19-26(25)37-6-2)27-20(3)32-34-29(27)31-21(4)28(30(34)35)33-16-14-23(15-17-33)18-22-10-8-7-9-11-22/h7-13,19,23,32H,5-6,14-18H2,1-4H3. The van der Waals surface area contributed by atoms with Gasteiger partial charge in [-0.15, -0.1) is 0 Å². The smallest absolute Gasteiger partial charge is 0.296 e. The van der Waals surface area contributed by atoms with E-state index in [1.807, 2.05) is 45.9 Å². The van der Waals surface area contributed by atoms with E-state index in [4.69, 9.17) is 14.5 Å². The number of aromatic amines is 1. The Labute approximate surface area is 218 Å². The molecule has 0 saturated carbocycles. The van der Waals surface area contributed by atoms with E-state index in [0.717, 1.165) is 54.9 Å². The van der Waals surface area contributed by atoms with Crippen molar-refractivity contribution in [2.75, 3.05) is 31.2 Å². The van der Waals surface area contributed by atoms with Gasteiger partial charge in [-0.2, -0.15) is 4.52 Å². The lowest BCUT2D eigenvalue weighted by molar-refractivity contribution is 0.288. The van der Waals surface area contributed by atoms with Gasteiger partial charge in [0, 0.05) is 24.3 Å². The van der Waals surface area contributed by atoms with Crippen LogP contribution in [0.5, 0.6) is 11.5 Å². The quantitative estimate of drug-likeness (QED) is 0.343. The average molecular weight is 501 g/mol. The van der Waals surface area contributed by atoms with E-state index in [1.54, 1.807) is 4.52 Å². The molecule has 5 rings (SSSR count). The molecule has 0 spiro atoms. The molecule has 3 heterocycles. The van der Waals surface area contributed by atoms with Crippen molar-refractivity contribution in [3.05, 3.63) is 75.8 Å². The molecule has 1 N–H and O–H groups in total. The summed E-state index contributed by atoms with van der Waals surface area (Å²) in [6.07, 6.45) is 3.23. The van der Waals surface area contributed by atoms with Crippen LogP contribution in [0.15, 0.2) is 53.3 Å². The maximum atomic E-state index is 13.7. The highest BCUT2D eigenvalue weighted by molar-refractivity contribution is 5.81. The molecule has 4 aromatic rings. The zero-order valence-corrected chi connectivity index (χ0v) is 22.2. The summed E-state index contributed by atoms with van der Waals surface area (Å²) < 4.78 is 13.2. The number of rotatable bonds is 8. The van der Waals surface area contributed by atoms with Gasteiger partial charge >= 0.3 is 0 Å². The fourth-order valence-electron chi connectivity index (χ4n) is 5.51. The van der Waals surface area contributed by atoms with Crippen molar-refractivity contribution in [3.63, 3.8) is 0 Å². The second kappa shape index (κ2) is 10.7. The maximum absolute atomic E-state index is 13.7. The van der Waals surface area contributed by atoms with Crippen molar-refractivity contribution < 1.29 is 9.47 Å². The third-order valence-electron chi connectivity index (χ3n) is 7.24. The Balaban J connectivity index is 1.44. The van der Waals surface area contributed by atoms with Gasteiger partial charge < -0.3 is 14.4 Å². The van der Waals surface area contributed by atoms with Crippen LogP contribution in [0.25, 0.3) is 16.8 Å². The van der Waals surface area contributed by atoms with E-state index in [9.17, 15) is 4.79 Å². The number of hydrogen-bond donors (Lipinski definition) is 1. The van der Waals surface area contributed by atoms with Crippen LogP contribution in [-0.4, -0.2) is 40.9 Å². The molecule has 194 valence electrons. The van der Waals surface area contributed by atoms with Gasteiger partial charge in [-0.25, -0.2) is 4.98 Å². The summed E-state index contributed by atoms with van der Waals surface area (Å²) in [7, 11) is 0. The van der Waals surface area contributed by atoms with Gasteiger partial charge in [0.15, 0.2) is 17.1 Å². The molecule has 37 heavy (non-hydrogen) atoms. The number of ether oxygens (including phenoxy) is 2. The van der Waals surface area contributed by atoms with Gasteiger partial charge in [-0.1, -0.05) is 36.4 Å². The molecule has 0 amide bonds. The zero-order valence-electron chi connectivity index (χ0n) is 22.2. The minimum atomic E-state index is -0.0469. The minimum absolute atomic E-state index is 0.0469. The number of aromatic nitrogens is 3. The first-order valence-corrected chi connectivity index (χ1v) is 13.3. The summed E-state index contributed by atoms with van der Waals surface area (Å²) in [6, 6.07) is 16.6. The van der Waals surface area contributed by atoms with Crippen LogP contribution in [-0.2, 0) is 6.42 Å². The number of nitrogens with zero attached hydrogens (tertiary/aromatic N) is 3. The Morgan fingerprint density at radius 2 is 1.68 bits per heavy atom. The molecule has 0 atom stereocenters. The first-order valence-electron chi connectivity index (χ1n) is 13.3. The molecule has 0 bridgehead atoms. The number of nitrogens with one attached hydrogen (secondary N) is 1. The fourth-order valence-corrected chi connectivity index (χ4v) is 5.51. The van der Waals surface area contributed by atoms with Crippen LogP contribution in [0.2, 0.25) is 0 Å². The molecular weight excluding hydrogens is 464 g/mol. The van der Waals surface area contributed by atoms with E-state index >= 15 is 0 Å². The largest absolute Gasteiger partial charge is 0.490 e. The zero-order chi connectivity index (χ0) is 25.9. The molecule has 7 nitrogen and oxygen atoms in total. The van der Waals surface area contributed by atoms with Gasteiger partial charge in [0.05, 0.1) is 18.9 Å². The lowest BCUT2D eigenvalue weighted by Gasteiger charge is -2.33. The lowest BCUT2D eigenvalue weighted by atomic mass is 9.90. The molecule has 0 unspecified atom stereocenters. The summed E-state index contributed by atoms with van der Waals surface area (Å²) in [5.74, 6) is 2.04. The summed E-state index contributed by atoms with van der Waals surface area (Å²) in [5, 5.41) is 3.28. The van der Waals surface area contributed by atoms with Crippen LogP contribution in [0.1, 0.15) is 43.6 Å². The third-order valence-corrected chi connectivity index (χ3v) is 7.24. The monoisotopic (exact) mass is 500 g/mol. The normalized spacial score (nSPS) is 14.3. The highest BCUT2D eigenvalue weighted by atomic mass is 16.5. The second-order valence-corrected chi connectivity index (χ2v) is 9.77. The van der Waals surface area contributed by atoms with Crippen molar-refractivity contribution in [1.29, 1.82) is 0 Å². The SMILES string of the molecule is CCOc1ccc(-c2c(C)[nH]n3c(=O)c(N4CCC(Cc5ccccc5)CC4)c(C)nc23)cc1OCC. The summed E-state index contributed by atoms with van der Waals surface area (Å²) >= 11 is 0. The number of benzene rings is 2. The van der Waals surface area contributed by atoms with Crippen molar-refractivity contribution in [2.24, 2.45) is 5.92 Å². The summed E-state index contributed by atoms with van der Waals surface area (Å²) in [4.78, 5) is 20.9. The van der Waals surface area contributed by atoms with E-state index in [2.05, 4.69) is 40.3 Å². The third kappa shape index (κ3) is 4.95. The highest BCUT2D eigenvalue weighted by Gasteiger charge is 2.26. The molecule has 1 aliphatic rings.